The summed E-state index contributed by atoms with van der Waals surface area (Å²) in [5, 5.41) is 13.9. The second kappa shape index (κ2) is 12.0. The van der Waals surface area contributed by atoms with Crippen LogP contribution in [0.3, 0.4) is 0 Å². The van der Waals surface area contributed by atoms with Crippen LogP contribution in [-0.4, -0.2) is 38.1 Å². The van der Waals surface area contributed by atoms with Crippen LogP contribution in [0.25, 0.3) is 0 Å². The first-order valence-electron chi connectivity index (χ1n) is 11.3. The summed E-state index contributed by atoms with van der Waals surface area (Å²) in [6.07, 6.45) is 8.74. The third-order valence-corrected chi connectivity index (χ3v) is 6.11. The van der Waals surface area contributed by atoms with Crippen molar-refractivity contribution in [3.8, 4) is 0 Å². The van der Waals surface area contributed by atoms with E-state index in [1.807, 2.05) is 0 Å². The summed E-state index contributed by atoms with van der Waals surface area (Å²) < 4.78 is 0. The molecule has 6 N–H and O–H groups in total. The molecule has 1 heterocycles. The number of carbonyl (C=O) groups is 1. The number of nitrogens with one attached hydrogen (secondary N) is 4. The number of rotatable bonds is 11. The minimum absolute atomic E-state index is 0.114. The molecule has 1 aliphatic heterocycles. The van der Waals surface area contributed by atoms with Gasteiger partial charge in [-0.25, -0.2) is 0 Å². The standard InChI is InChI=1S/C24H37N5O/c1-18-23(25)21(17-30)16-29-24(18)28-15-20-10-8-19(9-11-20)14-26-12-5-13-27-22-6-3-2-4-7-22/h8-11,17,22,24,26-29H,1-7,12-16,25H2. The van der Waals surface area contributed by atoms with Gasteiger partial charge in [0.25, 0.3) is 0 Å². The molecule has 2 aliphatic rings. The Morgan fingerprint density at radius 1 is 1.03 bits per heavy atom. The summed E-state index contributed by atoms with van der Waals surface area (Å²) in [5.41, 5.74) is 10.3. The quantitative estimate of drug-likeness (QED) is 0.283. The highest BCUT2D eigenvalue weighted by molar-refractivity contribution is 5.77. The Labute approximate surface area is 180 Å². The van der Waals surface area contributed by atoms with Crippen LogP contribution in [0.1, 0.15) is 49.7 Å². The van der Waals surface area contributed by atoms with Gasteiger partial charge in [0.2, 0.25) is 0 Å². The summed E-state index contributed by atoms with van der Waals surface area (Å²) in [4.78, 5) is 11.0. The zero-order valence-electron chi connectivity index (χ0n) is 18.0. The smallest absolute Gasteiger partial charge is 0.149 e. The Bertz CT molecular complexity index is 722. The largest absolute Gasteiger partial charge is 0.398 e. The minimum Gasteiger partial charge on any atom is -0.398 e. The molecule has 3 rings (SSSR count). The Morgan fingerprint density at radius 2 is 1.73 bits per heavy atom. The molecule has 1 unspecified atom stereocenters. The molecule has 164 valence electrons. The fourth-order valence-corrected chi connectivity index (χ4v) is 4.15. The monoisotopic (exact) mass is 411 g/mol. The topological polar surface area (TPSA) is 91.2 Å². The van der Waals surface area contributed by atoms with Crippen molar-refractivity contribution in [3.05, 3.63) is 58.8 Å². The average Bonchev–Trinajstić information content (AvgIpc) is 2.79. The van der Waals surface area contributed by atoms with E-state index in [1.165, 1.54) is 49.7 Å². The highest BCUT2D eigenvalue weighted by Gasteiger charge is 2.21. The summed E-state index contributed by atoms with van der Waals surface area (Å²) in [6.45, 7) is 8.22. The van der Waals surface area contributed by atoms with Crippen molar-refractivity contribution in [2.45, 2.75) is 63.8 Å². The SMILES string of the molecule is C=C1C(N)=C(C=O)CNC1NCc1ccc(CNCCCNC2CCCCC2)cc1. The third-order valence-electron chi connectivity index (χ3n) is 6.11. The molecule has 1 fully saturated rings. The van der Waals surface area contributed by atoms with E-state index in [-0.39, 0.29) is 6.17 Å². The van der Waals surface area contributed by atoms with Crippen LogP contribution in [0.5, 0.6) is 0 Å². The molecular weight excluding hydrogens is 374 g/mol. The molecule has 30 heavy (non-hydrogen) atoms. The number of carbonyl (C=O) groups excluding carboxylic acids is 1. The maximum Gasteiger partial charge on any atom is 0.149 e. The van der Waals surface area contributed by atoms with Gasteiger partial charge in [-0.05, 0) is 49.1 Å². The second-order valence-electron chi connectivity index (χ2n) is 8.41. The average molecular weight is 412 g/mol. The molecule has 1 saturated carbocycles. The number of nitrogens with two attached hydrogens (primary N) is 1. The van der Waals surface area contributed by atoms with E-state index in [1.54, 1.807) is 0 Å². The van der Waals surface area contributed by atoms with E-state index in [4.69, 9.17) is 5.73 Å². The molecule has 0 radical (unpaired) electrons. The Hall–Kier alpha value is -1.99. The number of hydrogen-bond acceptors (Lipinski definition) is 6. The van der Waals surface area contributed by atoms with Crippen molar-refractivity contribution in [2.75, 3.05) is 19.6 Å². The zero-order chi connectivity index (χ0) is 21.2. The zero-order valence-corrected chi connectivity index (χ0v) is 18.0. The summed E-state index contributed by atoms with van der Waals surface area (Å²) in [7, 11) is 0. The van der Waals surface area contributed by atoms with Gasteiger partial charge in [-0.15, -0.1) is 0 Å². The maximum absolute atomic E-state index is 11.0. The molecule has 0 bridgehead atoms. The lowest BCUT2D eigenvalue weighted by Gasteiger charge is -2.28. The number of hydrogen-bond donors (Lipinski definition) is 5. The lowest BCUT2D eigenvalue weighted by atomic mass is 9.95. The first-order chi connectivity index (χ1) is 14.7. The van der Waals surface area contributed by atoms with Crippen molar-refractivity contribution in [3.63, 3.8) is 0 Å². The molecule has 6 heteroatoms. The molecule has 1 atom stereocenters. The molecule has 0 spiro atoms. The molecule has 0 saturated heterocycles. The van der Waals surface area contributed by atoms with Gasteiger partial charge >= 0.3 is 0 Å². The van der Waals surface area contributed by atoms with E-state index in [0.717, 1.165) is 37.5 Å². The van der Waals surface area contributed by atoms with E-state index in [2.05, 4.69) is 52.1 Å². The van der Waals surface area contributed by atoms with Gasteiger partial charge in [0.15, 0.2) is 0 Å². The van der Waals surface area contributed by atoms with Crippen LogP contribution in [-0.2, 0) is 17.9 Å². The van der Waals surface area contributed by atoms with Crippen molar-refractivity contribution in [2.24, 2.45) is 5.73 Å². The van der Waals surface area contributed by atoms with Crippen molar-refractivity contribution in [1.82, 2.24) is 21.3 Å². The lowest BCUT2D eigenvalue weighted by Crippen LogP contribution is -2.48. The minimum atomic E-state index is -0.114. The van der Waals surface area contributed by atoms with Gasteiger partial charge in [0.1, 0.15) is 6.29 Å². The second-order valence-corrected chi connectivity index (χ2v) is 8.41. The van der Waals surface area contributed by atoms with Crippen LogP contribution in [0, 0.1) is 0 Å². The van der Waals surface area contributed by atoms with Crippen molar-refractivity contribution in [1.29, 1.82) is 0 Å². The Kier molecular flexibility index (Phi) is 9.08. The predicted octanol–water partition coefficient (Wildman–Crippen LogP) is 2.08. The fourth-order valence-electron chi connectivity index (χ4n) is 4.15. The summed E-state index contributed by atoms with van der Waals surface area (Å²) >= 11 is 0. The molecule has 0 aromatic heterocycles. The van der Waals surface area contributed by atoms with Gasteiger partial charge in [-0.2, -0.15) is 0 Å². The van der Waals surface area contributed by atoms with Crippen LogP contribution in [0.15, 0.2) is 47.7 Å². The third kappa shape index (κ3) is 6.77. The Morgan fingerprint density at radius 3 is 2.43 bits per heavy atom. The van der Waals surface area contributed by atoms with Gasteiger partial charge in [0.05, 0.1) is 6.17 Å². The predicted molar refractivity (Wildman–Crippen MR) is 123 cm³/mol. The maximum atomic E-state index is 11.0. The summed E-state index contributed by atoms with van der Waals surface area (Å²) in [6, 6.07) is 9.39. The molecule has 1 aromatic carbocycles. The first-order valence-corrected chi connectivity index (χ1v) is 11.3. The molecule has 1 aliphatic carbocycles. The first kappa shape index (κ1) is 22.7. The highest BCUT2D eigenvalue weighted by Crippen LogP contribution is 2.17. The summed E-state index contributed by atoms with van der Waals surface area (Å²) in [5.74, 6) is 0. The van der Waals surface area contributed by atoms with Crippen LogP contribution >= 0.6 is 0 Å². The van der Waals surface area contributed by atoms with E-state index >= 15 is 0 Å². The normalized spacial score (nSPS) is 20.5. The van der Waals surface area contributed by atoms with Crippen LogP contribution < -0.4 is 27.0 Å². The molecule has 1 aromatic rings. The highest BCUT2D eigenvalue weighted by atomic mass is 16.1. The van der Waals surface area contributed by atoms with Crippen molar-refractivity contribution < 1.29 is 4.79 Å². The van der Waals surface area contributed by atoms with Crippen molar-refractivity contribution >= 4 is 6.29 Å². The molecule has 6 nitrogen and oxygen atoms in total. The van der Waals surface area contributed by atoms with Crippen LogP contribution in [0.4, 0.5) is 0 Å². The number of benzene rings is 1. The van der Waals surface area contributed by atoms with Crippen LogP contribution in [0.2, 0.25) is 0 Å². The fraction of sp³-hybridized carbons (Fsp3) is 0.542. The molecular formula is C24H37N5O. The Balaban J connectivity index is 1.31. The number of aldehydes is 1. The van der Waals surface area contributed by atoms with E-state index in [9.17, 15) is 4.79 Å². The van der Waals surface area contributed by atoms with Gasteiger partial charge in [-0.1, -0.05) is 50.1 Å². The van der Waals surface area contributed by atoms with Gasteiger partial charge in [-0.3, -0.25) is 15.4 Å². The molecule has 0 amide bonds. The lowest BCUT2D eigenvalue weighted by molar-refractivity contribution is -0.105. The van der Waals surface area contributed by atoms with Gasteiger partial charge in [0, 0.05) is 36.9 Å². The van der Waals surface area contributed by atoms with E-state index < -0.39 is 0 Å². The van der Waals surface area contributed by atoms with Gasteiger partial charge < -0.3 is 16.4 Å². The van der Waals surface area contributed by atoms with E-state index in [0.29, 0.717) is 24.4 Å².